The van der Waals surface area contributed by atoms with Crippen molar-refractivity contribution in [2.75, 3.05) is 13.7 Å². The van der Waals surface area contributed by atoms with Crippen LogP contribution in [0, 0.1) is 5.92 Å². The second kappa shape index (κ2) is 6.56. The molecule has 3 N–H and O–H groups in total. The van der Waals surface area contributed by atoms with Crippen LogP contribution in [0.3, 0.4) is 0 Å². The van der Waals surface area contributed by atoms with Crippen molar-refractivity contribution in [3.63, 3.8) is 0 Å². The number of thiocarbonyl (C=S) groups is 1. The normalized spacial score (nSPS) is 11.7. The van der Waals surface area contributed by atoms with Crippen molar-refractivity contribution in [3.05, 3.63) is 28.8 Å². The summed E-state index contributed by atoms with van der Waals surface area (Å²) in [6.07, 6.45) is 0. The highest BCUT2D eigenvalue weighted by atomic mass is 35.5. The fraction of sp³-hybridized carbons (Fsp3) is 0.333. The van der Waals surface area contributed by atoms with Crippen LogP contribution in [0.2, 0.25) is 5.02 Å². The van der Waals surface area contributed by atoms with E-state index in [1.807, 2.05) is 6.92 Å². The summed E-state index contributed by atoms with van der Waals surface area (Å²) in [6.45, 7) is 2.22. The van der Waals surface area contributed by atoms with Crippen LogP contribution < -0.4 is 15.8 Å². The van der Waals surface area contributed by atoms with Gasteiger partial charge in [0.1, 0.15) is 5.75 Å². The number of methoxy groups -OCH3 is 1. The van der Waals surface area contributed by atoms with Gasteiger partial charge in [0.2, 0.25) is 0 Å². The van der Waals surface area contributed by atoms with Crippen molar-refractivity contribution in [2.24, 2.45) is 11.7 Å². The minimum absolute atomic E-state index is 0.0610. The average molecular weight is 287 g/mol. The second-order valence-corrected chi connectivity index (χ2v) is 4.77. The summed E-state index contributed by atoms with van der Waals surface area (Å²) >= 11 is 10.7. The fourth-order valence-electron chi connectivity index (χ4n) is 1.30. The smallest absolute Gasteiger partial charge is 0.255 e. The van der Waals surface area contributed by atoms with Gasteiger partial charge in [-0.25, -0.2) is 0 Å². The van der Waals surface area contributed by atoms with E-state index in [-0.39, 0.29) is 11.8 Å². The van der Waals surface area contributed by atoms with E-state index >= 15 is 0 Å². The van der Waals surface area contributed by atoms with Crippen LogP contribution in [0.15, 0.2) is 18.2 Å². The van der Waals surface area contributed by atoms with Gasteiger partial charge in [0.05, 0.1) is 17.7 Å². The molecule has 0 bridgehead atoms. The molecule has 0 fully saturated rings. The number of halogens is 1. The average Bonchev–Trinajstić information content (AvgIpc) is 2.35. The Morgan fingerprint density at radius 1 is 1.61 bits per heavy atom. The number of benzene rings is 1. The van der Waals surface area contributed by atoms with Gasteiger partial charge in [0, 0.05) is 17.5 Å². The Kier molecular flexibility index (Phi) is 5.37. The van der Waals surface area contributed by atoms with E-state index < -0.39 is 0 Å². The third-order valence-corrected chi connectivity index (χ3v) is 3.10. The van der Waals surface area contributed by atoms with Crippen LogP contribution in [0.5, 0.6) is 5.75 Å². The lowest BCUT2D eigenvalue weighted by molar-refractivity contribution is 0.0948. The van der Waals surface area contributed by atoms with Gasteiger partial charge in [-0.3, -0.25) is 4.79 Å². The zero-order valence-electron chi connectivity index (χ0n) is 10.2. The zero-order chi connectivity index (χ0) is 13.7. The van der Waals surface area contributed by atoms with E-state index in [1.54, 1.807) is 18.2 Å². The molecule has 1 amide bonds. The summed E-state index contributed by atoms with van der Waals surface area (Å²) in [5.41, 5.74) is 5.86. The van der Waals surface area contributed by atoms with Gasteiger partial charge in [-0.15, -0.1) is 0 Å². The molecule has 0 aliphatic rings. The summed E-state index contributed by atoms with van der Waals surface area (Å²) in [7, 11) is 1.50. The van der Waals surface area contributed by atoms with Crippen LogP contribution >= 0.6 is 23.8 Å². The first-order chi connectivity index (χ1) is 8.45. The van der Waals surface area contributed by atoms with E-state index in [4.69, 9.17) is 34.3 Å². The molecule has 1 aromatic carbocycles. The Bertz CT molecular complexity index is 465. The molecule has 0 saturated carbocycles. The first-order valence-electron chi connectivity index (χ1n) is 5.36. The van der Waals surface area contributed by atoms with Crippen molar-refractivity contribution < 1.29 is 9.53 Å². The number of hydrogen-bond acceptors (Lipinski definition) is 3. The van der Waals surface area contributed by atoms with E-state index in [9.17, 15) is 4.79 Å². The minimum Gasteiger partial charge on any atom is -0.496 e. The highest BCUT2D eigenvalue weighted by molar-refractivity contribution is 7.80. The highest BCUT2D eigenvalue weighted by Gasteiger charge is 2.14. The van der Waals surface area contributed by atoms with Crippen molar-refractivity contribution in [2.45, 2.75) is 6.92 Å². The molecule has 0 saturated heterocycles. The Labute approximate surface area is 116 Å². The number of nitrogens with one attached hydrogen (secondary N) is 1. The second-order valence-electron chi connectivity index (χ2n) is 3.86. The highest BCUT2D eigenvalue weighted by Crippen LogP contribution is 2.22. The van der Waals surface area contributed by atoms with Crippen LogP contribution in [0.1, 0.15) is 17.3 Å². The van der Waals surface area contributed by atoms with E-state index in [0.29, 0.717) is 27.9 Å². The lowest BCUT2D eigenvalue weighted by atomic mass is 10.1. The Morgan fingerprint density at radius 3 is 2.83 bits per heavy atom. The SMILES string of the molecule is COc1ccc(Cl)cc1C(=O)NCC(C)C(N)=S. The van der Waals surface area contributed by atoms with Gasteiger partial charge in [0.15, 0.2) is 0 Å². The molecule has 4 nitrogen and oxygen atoms in total. The maximum Gasteiger partial charge on any atom is 0.255 e. The number of nitrogens with two attached hydrogens (primary N) is 1. The van der Waals surface area contributed by atoms with Crippen LogP contribution in [-0.4, -0.2) is 24.6 Å². The van der Waals surface area contributed by atoms with E-state index in [0.717, 1.165) is 0 Å². The van der Waals surface area contributed by atoms with Crippen molar-refractivity contribution in [1.29, 1.82) is 0 Å². The number of ether oxygens (including phenoxy) is 1. The minimum atomic E-state index is -0.266. The van der Waals surface area contributed by atoms with Gasteiger partial charge in [-0.1, -0.05) is 30.7 Å². The van der Waals surface area contributed by atoms with Crippen LogP contribution in [0.25, 0.3) is 0 Å². The Balaban J connectivity index is 2.78. The van der Waals surface area contributed by atoms with Crippen LogP contribution in [0.4, 0.5) is 0 Å². The summed E-state index contributed by atoms with van der Waals surface area (Å²) < 4.78 is 5.11. The maximum absolute atomic E-state index is 12.0. The van der Waals surface area contributed by atoms with Crippen molar-refractivity contribution in [1.82, 2.24) is 5.32 Å². The van der Waals surface area contributed by atoms with E-state index in [2.05, 4.69) is 5.32 Å². The molecular weight excluding hydrogens is 272 g/mol. The van der Waals surface area contributed by atoms with Crippen molar-refractivity contribution >= 4 is 34.7 Å². The van der Waals surface area contributed by atoms with Crippen LogP contribution in [-0.2, 0) is 0 Å². The number of rotatable bonds is 5. The van der Waals surface area contributed by atoms with Gasteiger partial charge >= 0.3 is 0 Å². The lowest BCUT2D eigenvalue weighted by Gasteiger charge is -2.12. The number of carbonyl (C=O) groups excluding carboxylic acids is 1. The molecule has 0 aromatic heterocycles. The molecule has 1 rings (SSSR count). The third-order valence-electron chi connectivity index (χ3n) is 2.46. The molecule has 0 aliphatic carbocycles. The molecule has 1 unspecified atom stereocenters. The molecular formula is C12H15ClN2O2S. The molecule has 6 heteroatoms. The lowest BCUT2D eigenvalue weighted by Crippen LogP contribution is -2.33. The summed E-state index contributed by atoms with van der Waals surface area (Å²) in [6, 6.07) is 4.87. The molecule has 0 spiro atoms. The predicted octanol–water partition coefficient (Wildman–Crippen LogP) is 2.00. The standard InChI is InChI=1S/C12H15ClN2O2S/c1-7(11(14)18)6-15-12(16)9-5-8(13)3-4-10(9)17-2/h3-5,7H,6H2,1-2H3,(H2,14,18)(H,15,16). The summed E-state index contributed by atoms with van der Waals surface area (Å²) in [5, 5.41) is 3.21. The molecule has 0 aliphatic heterocycles. The molecule has 18 heavy (non-hydrogen) atoms. The quantitative estimate of drug-likeness (QED) is 0.813. The molecule has 98 valence electrons. The van der Waals surface area contributed by atoms with Gasteiger partial charge in [-0.2, -0.15) is 0 Å². The molecule has 1 atom stereocenters. The number of amides is 1. The first kappa shape index (κ1) is 14.7. The van der Waals surface area contributed by atoms with Gasteiger partial charge in [0.25, 0.3) is 5.91 Å². The van der Waals surface area contributed by atoms with Crippen molar-refractivity contribution in [3.8, 4) is 5.75 Å². The summed E-state index contributed by atoms with van der Waals surface area (Å²) in [5.74, 6) is 0.145. The largest absolute Gasteiger partial charge is 0.496 e. The van der Waals surface area contributed by atoms with Gasteiger partial charge in [-0.05, 0) is 18.2 Å². The van der Waals surface area contributed by atoms with E-state index in [1.165, 1.54) is 7.11 Å². The molecule has 1 aromatic rings. The predicted molar refractivity (Wildman–Crippen MR) is 76.3 cm³/mol. The monoisotopic (exact) mass is 286 g/mol. The fourth-order valence-corrected chi connectivity index (χ4v) is 1.55. The first-order valence-corrected chi connectivity index (χ1v) is 6.15. The molecule has 0 heterocycles. The zero-order valence-corrected chi connectivity index (χ0v) is 11.8. The number of hydrogen-bond donors (Lipinski definition) is 2. The topological polar surface area (TPSA) is 64.3 Å². The number of carbonyl (C=O) groups is 1. The maximum atomic E-state index is 12.0. The third kappa shape index (κ3) is 3.85. The Morgan fingerprint density at radius 2 is 2.28 bits per heavy atom. The van der Waals surface area contributed by atoms with Gasteiger partial charge < -0.3 is 15.8 Å². The molecule has 0 radical (unpaired) electrons. The Hall–Kier alpha value is -1.33. The summed E-state index contributed by atoms with van der Waals surface area (Å²) in [4.78, 5) is 12.3.